The van der Waals surface area contributed by atoms with Gasteiger partial charge in [-0.05, 0) is 24.3 Å². The van der Waals surface area contributed by atoms with Gasteiger partial charge in [-0.3, -0.25) is 4.79 Å². The monoisotopic (exact) mass is 382 g/mol. The molecule has 0 fully saturated rings. The molecule has 0 aliphatic carbocycles. The van der Waals surface area contributed by atoms with E-state index in [1.54, 1.807) is 37.2 Å². The van der Waals surface area contributed by atoms with Crippen LogP contribution in [0.4, 0.5) is 24.5 Å². The largest absolute Gasteiger partial charge is 0.497 e. The van der Waals surface area contributed by atoms with Crippen molar-refractivity contribution in [3.8, 4) is 11.5 Å². The van der Waals surface area contributed by atoms with Crippen molar-refractivity contribution in [2.24, 2.45) is 0 Å². The molecule has 146 valence electrons. The summed E-state index contributed by atoms with van der Waals surface area (Å²) >= 11 is 0. The number of nitrogens with one attached hydrogen (secondary N) is 1. The summed E-state index contributed by atoms with van der Waals surface area (Å²) in [6.45, 7) is 0. The third kappa shape index (κ3) is 5.06. The Morgan fingerprint density at radius 2 is 1.78 bits per heavy atom. The maximum Gasteiger partial charge on any atom is 0.418 e. The second kappa shape index (κ2) is 8.20. The van der Waals surface area contributed by atoms with Gasteiger partial charge in [-0.2, -0.15) is 13.2 Å². The van der Waals surface area contributed by atoms with Crippen LogP contribution in [0.25, 0.3) is 0 Å². The maximum atomic E-state index is 13.4. The molecule has 0 atom stereocenters. The number of carbonyl (C=O) groups is 1. The Bertz CT molecular complexity index is 820. The van der Waals surface area contributed by atoms with Gasteiger partial charge in [0.15, 0.2) is 0 Å². The lowest BCUT2D eigenvalue weighted by molar-refractivity contribution is -0.136. The van der Waals surface area contributed by atoms with E-state index in [2.05, 4.69) is 5.32 Å². The Morgan fingerprint density at radius 3 is 2.33 bits per heavy atom. The number of methoxy groups -OCH3 is 2. The first-order valence-corrected chi connectivity index (χ1v) is 8.05. The lowest BCUT2D eigenvalue weighted by Gasteiger charge is -2.19. The van der Waals surface area contributed by atoms with Crippen LogP contribution < -0.4 is 19.7 Å². The van der Waals surface area contributed by atoms with Crippen molar-refractivity contribution in [1.82, 2.24) is 0 Å². The van der Waals surface area contributed by atoms with Crippen LogP contribution >= 0.6 is 0 Å². The number of rotatable bonds is 6. The number of alkyl halides is 3. The lowest BCUT2D eigenvalue weighted by atomic mass is 10.1. The molecule has 1 amide bonds. The number of amides is 1. The van der Waals surface area contributed by atoms with Gasteiger partial charge in [0.05, 0.1) is 31.9 Å². The molecule has 2 aromatic carbocycles. The highest BCUT2D eigenvalue weighted by Crippen LogP contribution is 2.37. The van der Waals surface area contributed by atoms with Crippen molar-refractivity contribution >= 4 is 17.3 Å². The summed E-state index contributed by atoms with van der Waals surface area (Å²) < 4.78 is 50.4. The van der Waals surface area contributed by atoms with E-state index in [1.165, 1.54) is 26.4 Å². The number of ether oxygens (including phenoxy) is 2. The van der Waals surface area contributed by atoms with Gasteiger partial charge in [0.2, 0.25) is 5.91 Å². The fourth-order valence-corrected chi connectivity index (χ4v) is 2.52. The standard InChI is InChI=1S/C19H21F3N2O3/c1-24(2)13-6-8-16(15(10-13)19(20,21)22)23-18(25)9-12-5-7-14(26-3)11-17(12)27-4/h5-8,10-11H,9H2,1-4H3,(H,23,25). The molecule has 5 nitrogen and oxygen atoms in total. The van der Waals surface area contributed by atoms with Gasteiger partial charge in [-0.15, -0.1) is 0 Å². The second-order valence-corrected chi connectivity index (χ2v) is 6.02. The maximum absolute atomic E-state index is 13.4. The molecule has 2 rings (SSSR count). The number of carbonyl (C=O) groups excluding carboxylic acids is 1. The molecule has 1 N–H and O–H groups in total. The van der Waals surface area contributed by atoms with Gasteiger partial charge in [0.1, 0.15) is 11.5 Å². The van der Waals surface area contributed by atoms with Gasteiger partial charge in [-0.1, -0.05) is 6.07 Å². The summed E-state index contributed by atoms with van der Waals surface area (Å²) in [4.78, 5) is 13.9. The molecule has 8 heteroatoms. The minimum absolute atomic E-state index is 0.139. The fourth-order valence-electron chi connectivity index (χ4n) is 2.52. The minimum atomic E-state index is -4.59. The number of nitrogens with zero attached hydrogens (tertiary/aromatic N) is 1. The van der Waals surface area contributed by atoms with Gasteiger partial charge in [0.25, 0.3) is 0 Å². The summed E-state index contributed by atoms with van der Waals surface area (Å²) in [7, 11) is 6.22. The molecule has 0 aromatic heterocycles. The highest BCUT2D eigenvalue weighted by Gasteiger charge is 2.34. The average molecular weight is 382 g/mol. The molecule has 0 heterocycles. The number of anilines is 2. The summed E-state index contributed by atoms with van der Waals surface area (Å²) in [6.07, 6.45) is -4.73. The number of halogens is 3. The lowest BCUT2D eigenvalue weighted by Crippen LogP contribution is -2.19. The van der Waals surface area contributed by atoms with E-state index >= 15 is 0 Å². The number of hydrogen-bond donors (Lipinski definition) is 1. The average Bonchev–Trinajstić information content (AvgIpc) is 2.61. The Morgan fingerprint density at radius 1 is 1.07 bits per heavy atom. The zero-order chi connectivity index (χ0) is 20.2. The molecule has 0 spiro atoms. The predicted molar refractivity (Wildman–Crippen MR) is 97.7 cm³/mol. The molecule has 0 radical (unpaired) electrons. The van der Waals surface area contributed by atoms with E-state index < -0.39 is 17.6 Å². The van der Waals surface area contributed by atoms with E-state index in [9.17, 15) is 18.0 Å². The SMILES string of the molecule is COc1ccc(CC(=O)Nc2ccc(N(C)C)cc2C(F)(F)F)c(OC)c1. The summed E-state index contributed by atoms with van der Waals surface area (Å²) in [6, 6.07) is 8.66. The minimum Gasteiger partial charge on any atom is -0.497 e. The molecule has 0 aliphatic rings. The molecular formula is C19H21F3N2O3. The van der Waals surface area contributed by atoms with Crippen LogP contribution in [0.15, 0.2) is 36.4 Å². The summed E-state index contributed by atoms with van der Waals surface area (Å²) in [5, 5.41) is 2.35. The molecule has 0 saturated carbocycles. The van der Waals surface area contributed by atoms with Gasteiger partial charge >= 0.3 is 6.18 Å². The van der Waals surface area contributed by atoms with Gasteiger partial charge in [-0.25, -0.2) is 0 Å². The highest BCUT2D eigenvalue weighted by molar-refractivity contribution is 5.93. The van der Waals surface area contributed by atoms with Crippen molar-refractivity contribution in [2.75, 3.05) is 38.5 Å². The molecule has 0 aliphatic heterocycles. The predicted octanol–water partition coefficient (Wildman–Crippen LogP) is 3.97. The van der Waals surface area contributed by atoms with Gasteiger partial charge < -0.3 is 19.7 Å². The van der Waals surface area contributed by atoms with E-state index in [1.807, 2.05) is 0 Å². The smallest absolute Gasteiger partial charge is 0.418 e. The van der Waals surface area contributed by atoms with Crippen molar-refractivity contribution in [3.63, 3.8) is 0 Å². The Hall–Kier alpha value is -2.90. The fraction of sp³-hybridized carbons (Fsp3) is 0.316. The van der Waals surface area contributed by atoms with E-state index in [4.69, 9.17) is 9.47 Å². The molecule has 2 aromatic rings. The number of hydrogen-bond acceptors (Lipinski definition) is 4. The van der Waals surface area contributed by atoms with E-state index in [0.717, 1.165) is 6.07 Å². The van der Waals surface area contributed by atoms with Crippen molar-refractivity contribution in [3.05, 3.63) is 47.5 Å². The van der Waals surface area contributed by atoms with Crippen LogP contribution in [0.2, 0.25) is 0 Å². The van der Waals surface area contributed by atoms with Crippen LogP contribution in [0.3, 0.4) is 0 Å². The van der Waals surface area contributed by atoms with Crippen LogP contribution in [0.1, 0.15) is 11.1 Å². The Kier molecular flexibility index (Phi) is 6.20. The summed E-state index contributed by atoms with van der Waals surface area (Å²) in [5.74, 6) is 0.389. The van der Waals surface area contributed by atoms with Crippen molar-refractivity contribution in [2.45, 2.75) is 12.6 Å². The zero-order valence-corrected chi connectivity index (χ0v) is 15.5. The van der Waals surface area contributed by atoms with Crippen LogP contribution in [-0.2, 0) is 17.4 Å². The van der Waals surface area contributed by atoms with E-state index in [-0.39, 0.29) is 12.1 Å². The highest BCUT2D eigenvalue weighted by atomic mass is 19.4. The molecule has 0 bridgehead atoms. The molecule has 0 saturated heterocycles. The van der Waals surface area contributed by atoms with Crippen LogP contribution in [0, 0.1) is 0 Å². The number of benzene rings is 2. The summed E-state index contributed by atoms with van der Waals surface area (Å²) in [5.41, 5.74) is -0.263. The molecule has 27 heavy (non-hydrogen) atoms. The van der Waals surface area contributed by atoms with Gasteiger partial charge in [0, 0.05) is 31.4 Å². The third-order valence-corrected chi connectivity index (χ3v) is 3.94. The second-order valence-electron chi connectivity index (χ2n) is 6.02. The third-order valence-electron chi connectivity index (χ3n) is 3.94. The Labute approximate surface area is 155 Å². The van der Waals surface area contributed by atoms with Crippen LogP contribution in [-0.4, -0.2) is 34.2 Å². The Balaban J connectivity index is 2.26. The molecular weight excluding hydrogens is 361 g/mol. The van der Waals surface area contributed by atoms with Crippen molar-refractivity contribution in [1.29, 1.82) is 0 Å². The first kappa shape index (κ1) is 20.4. The van der Waals surface area contributed by atoms with E-state index in [0.29, 0.717) is 22.7 Å². The zero-order valence-electron chi connectivity index (χ0n) is 15.5. The first-order chi connectivity index (χ1) is 12.7. The molecule has 0 unspecified atom stereocenters. The van der Waals surface area contributed by atoms with Crippen LogP contribution in [0.5, 0.6) is 11.5 Å². The quantitative estimate of drug-likeness (QED) is 0.821. The van der Waals surface area contributed by atoms with Crippen molar-refractivity contribution < 1.29 is 27.4 Å². The normalized spacial score (nSPS) is 11.1. The topological polar surface area (TPSA) is 50.8 Å². The first-order valence-electron chi connectivity index (χ1n) is 8.05.